The third-order valence-electron chi connectivity index (χ3n) is 3.13. The summed E-state index contributed by atoms with van der Waals surface area (Å²) in [4.78, 5) is 13.0. The fourth-order valence-corrected chi connectivity index (χ4v) is 1.97. The van der Waals surface area contributed by atoms with Gasteiger partial charge in [-0.25, -0.2) is 0 Å². The first-order chi connectivity index (χ1) is 9.13. The number of para-hydroxylation sites is 1. The molecule has 0 amide bonds. The summed E-state index contributed by atoms with van der Waals surface area (Å²) in [5.74, 6) is 0. The van der Waals surface area contributed by atoms with Gasteiger partial charge in [-0.05, 0) is 25.2 Å². The van der Waals surface area contributed by atoms with Crippen molar-refractivity contribution in [1.29, 1.82) is 0 Å². The second-order valence-corrected chi connectivity index (χ2v) is 4.16. The topological polar surface area (TPSA) is 70.4 Å². The molecule has 1 aromatic carbocycles. The molecule has 0 spiro atoms. The van der Waals surface area contributed by atoms with Crippen LogP contribution < -0.4 is 10.6 Å². The van der Waals surface area contributed by atoms with Gasteiger partial charge in [-0.3, -0.25) is 10.1 Å². The zero-order valence-electron chi connectivity index (χ0n) is 11.8. The van der Waals surface area contributed by atoms with Gasteiger partial charge in [-0.15, -0.1) is 0 Å². The first-order valence-electron chi connectivity index (χ1n) is 6.55. The highest BCUT2D eigenvalue weighted by Crippen LogP contribution is 2.32. The van der Waals surface area contributed by atoms with Gasteiger partial charge < -0.3 is 15.5 Å². The van der Waals surface area contributed by atoms with Crippen LogP contribution in [0.5, 0.6) is 0 Å². The zero-order chi connectivity index (χ0) is 14.3. The van der Waals surface area contributed by atoms with Gasteiger partial charge in [0.1, 0.15) is 11.4 Å². The second kappa shape index (κ2) is 7.58. The first-order valence-corrected chi connectivity index (χ1v) is 6.55. The molecule has 0 fully saturated rings. The lowest BCUT2D eigenvalue weighted by atomic mass is 10.2. The number of anilines is 2. The van der Waals surface area contributed by atoms with E-state index in [9.17, 15) is 10.1 Å². The maximum absolute atomic E-state index is 11.1. The molecule has 0 heterocycles. The van der Waals surface area contributed by atoms with Crippen molar-refractivity contribution in [2.24, 2.45) is 0 Å². The fourth-order valence-electron chi connectivity index (χ4n) is 1.97. The summed E-state index contributed by atoms with van der Waals surface area (Å²) in [6.07, 6.45) is 0. The zero-order valence-corrected chi connectivity index (χ0v) is 11.8. The second-order valence-electron chi connectivity index (χ2n) is 4.16. The average molecular weight is 266 g/mol. The van der Waals surface area contributed by atoms with Crippen LogP contribution in [0.2, 0.25) is 0 Å². The van der Waals surface area contributed by atoms with E-state index >= 15 is 0 Å². The Hall–Kier alpha value is -1.82. The number of benzene rings is 1. The van der Waals surface area contributed by atoms with Crippen molar-refractivity contribution >= 4 is 17.1 Å². The average Bonchev–Trinajstić information content (AvgIpc) is 2.42. The molecule has 2 N–H and O–H groups in total. The summed E-state index contributed by atoms with van der Waals surface area (Å²) in [6.45, 7) is 7.73. The monoisotopic (exact) mass is 266 g/mol. The van der Waals surface area contributed by atoms with Crippen molar-refractivity contribution in [2.45, 2.75) is 13.8 Å². The van der Waals surface area contributed by atoms with E-state index in [0.717, 1.165) is 19.6 Å². The molecular formula is C13H22N4O2. The van der Waals surface area contributed by atoms with Crippen molar-refractivity contribution in [3.63, 3.8) is 0 Å². The van der Waals surface area contributed by atoms with Crippen LogP contribution in [0.15, 0.2) is 18.2 Å². The molecule has 106 valence electrons. The van der Waals surface area contributed by atoms with E-state index in [0.29, 0.717) is 17.9 Å². The molecule has 19 heavy (non-hydrogen) atoms. The maximum atomic E-state index is 11.1. The lowest BCUT2D eigenvalue weighted by molar-refractivity contribution is -0.383. The van der Waals surface area contributed by atoms with Crippen LogP contribution in [0.4, 0.5) is 17.1 Å². The van der Waals surface area contributed by atoms with E-state index in [1.165, 1.54) is 0 Å². The number of likely N-dealkylation sites (N-methyl/N-ethyl adjacent to an activating group) is 1. The summed E-state index contributed by atoms with van der Waals surface area (Å²) in [7, 11) is 1.68. The quantitative estimate of drug-likeness (QED) is 0.558. The van der Waals surface area contributed by atoms with E-state index in [1.807, 2.05) is 0 Å². The van der Waals surface area contributed by atoms with Crippen molar-refractivity contribution < 1.29 is 4.92 Å². The molecule has 0 unspecified atom stereocenters. The van der Waals surface area contributed by atoms with Crippen LogP contribution >= 0.6 is 0 Å². The molecule has 1 rings (SSSR count). The van der Waals surface area contributed by atoms with Gasteiger partial charge >= 0.3 is 5.69 Å². The number of nitro benzene ring substituents is 1. The van der Waals surface area contributed by atoms with Gasteiger partial charge in [-0.2, -0.15) is 0 Å². The first kappa shape index (κ1) is 15.2. The van der Waals surface area contributed by atoms with Crippen LogP contribution in [-0.4, -0.2) is 43.0 Å². The molecule has 0 bridgehead atoms. The fraction of sp³-hybridized carbons (Fsp3) is 0.538. The number of nitrogens with zero attached hydrogens (tertiary/aromatic N) is 2. The lowest BCUT2D eigenvalue weighted by Gasteiger charge is -2.18. The number of rotatable bonds is 8. The molecule has 0 saturated heterocycles. The smallest absolute Gasteiger partial charge is 0.315 e. The standard InChI is InChI=1S/C13H22N4O2/c1-4-16(5-2)10-9-15-12-8-6-7-11(14-3)13(12)17(18)19/h6-8,14-15H,4-5,9-10H2,1-3H3. The number of hydrogen-bond acceptors (Lipinski definition) is 5. The van der Waals surface area contributed by atoms with E-state index in [-0.39, 0.29) is 10.6 Å². The van der Waals surface area contributed by atoms with E-state index in [1.54, 1.807) is 25.2 Å². The Balaban J connectivity index is 2.75. The van der Waals surface area contributed by atoms with Crippen LogP contribution in [0, 0.1) is 10.1 Å². The van der Waals surface area contributed by atoms with Gasteiger partial charge in [0.15, 0.2) is 0 Å². The van der Waals surface area contributed by atoms with Crippen molar-refractivity contribution in [3.05, 3.63) is 28.3 Å². The molecule has 1 aromatic rings. The van der Waals surface area contributed by atoms with Crippen LogP contribution in [0.3, 0.4) is 0 Å². The predicted octanol–water partition coefficient (Wildman–Crippen LogP) is 2.39. The van der Waals surface area contributed by atoms with Gasteiger partial charge in [0.25, 0.3) is 0 Å². The van der Waals surface area contributed by atoms with E-state index in [2.05, 4.69) is 29.4 Å². The van der Waals surface area contributed by atoms with Gasteiger partial charge in [0, 0.05) is 20.1 Å². The molecule has 0 aliphatic carbocycles. The SMILES string of the molecule is CCN(CC)CCNc1cccc(NC)c1[N+](=O)[O-]. The summed E-state index contributed by atoms with van der Waals surface area (Å²) < 4.78 is 0. The Kier molecular flexibility index (Phi) is 6.08. The third kappa shape index (κ3) is 4.10. The van der Waals surface area contributed by atoms with E-state index in [4.69, 9.17) is 0 Å². The summed E-state index contributed by atoms with van der Waals surface area (Å²) in [6, 6.07) is 5.24. The van der Waals surface area contributed by atoms with Crippen molar-refractivity contribution in [2.75, 3.05) is 43.9 Å². The van der Waals surface area contributed by atoms with Gasteiger partial charge in [0.2, 0.25) is 0 Å². The molecule has 0 aliphatic heterocycles. The van der Waals surface area contributed by atoms with Gasteiger partial charge in [0.05, 0.1) is 4.92 Å². The maximum Gasteiger partial charge on any atom is 0.315 e. The van der Waals surface area contributed by atoms with Crippen LogP contribution in [0.1, 0.15) is 13.8 Å². The summed E-state index contributed by atoms with van der Waals surface area (Å²) in [5.41, 5.74) is 1.19. The minimum absolute atomic E-state index is 0.101. The highest BCUT2D eigenvalue weighted by atomic mass is 16.6. The minimum Gasteiger partial charge on any atom is -0.382 e. The van der Waals surface area contributed by atoms with Crippen LogP contribution in [-0.2, 0) is 0 Å². The Bertz CT molecular complexity index is 419. The predicted molar refractivity (Wildman–Crippen MR) is 78.9 cm³/mol. The minimum atomic E-state index is -0.356. The lowest BCUT2D eigenvalue weighted by Crippen LogP contribution is -2.28. The largest absolute Gasteiger partial charge is 0.382 e. The summed E-state index contributed by atoms with van der Waals surface area (Å²) in [5, 5.41) is 17.1. The molecule has 0 aromatic heterocycles. The third-order valence-corrected chi connectivity index (χ3v) is 3.13. The van der Waals surface area contributed by atoms with E-state index < -0.39 is 0 Å². The number of nitrogens with one attached hydrogen (secondary N) is 2. The van der Waals surface area contributed by atoms with Crippen molar-refractivity contribution in [3.8, 4) is 0 Å². The Morgan fingerprint density at radius 3 is 2.42 bits per heavy atom. The molecule has 6 nitrogen and oxygen atoms in total. The van der Waals surface area contributed by atoms with Crippen LogP contribution in [0.25, 0.3) is 0 Å². The Morgan fingerprint density at radius 2 is 1.89 bits per heavy atom. The summed E-state index contributed by atoms with van der Waals surface area (Å²) >= 11 is 0. The van der Waals surface area contributed by atoms with Crippen molar-refractivity contribution in [1.82, 2.24) is 4.90 Å². The Morgan fingerprint density at radius 1 is 1.26 bits per heavy atom. The number of hydrogen-bond donors (Lipinski definition) is 2. The molecule has 0 atom stereocenters. The molecule has 0 aliphatic rings. The van der Waals surface area contributed by atoms with Gasteiger partial charge in [-0.1, -0.05) is 19.9 Å². The number of nitro groups is 1. The normalized spacial score (nSPS) is 10.5. The highest BCUT2D eigenvalue weighted by Gasteiger charge is 2.18. The Labute approximate surface area is 113 Å². The molecule has 0 radical (unpaired) electrons. The highest BCUT2D eigenvalue weighted by molar-refractivity contribution is 5.75. The molecular weight excluding hydrogens is 244 g/mol. The molecule has 0 saturated carbocycles. The molecule has 6 heteroatoms.